The predicted molar refractivity (Wildman–Crippen MR) is 55.7 cm³/mol. The number of H-pyrrole nitrogens is 1. The molecule has 0 amide bonds. The molecular weight excluding hydrogens is 290 g/mol. The molecule has 0 bridgehead atoms. The first-order valence-electron chi connectivity index (χ1n) is 5.13. The smallest absolute Gasteiger partial charge is 0.406 e. The number of aromatic amines is 1. The number of ether oxygens (including phenoxy) is 1. The van der Waals surface area contributed by atoms with Crippen molar-refractivity contribution in [2.45, 2.75) is 12.5 Å². The van der Waals surface area contributed by atoms with Gasteiger partial charge in [-0.1, -0.05) is 0 Å². The number of hydrogen-bond acceptors (Lipinski definition) is 2. The number of halogens is 6. The fourth-order valence-electron chi connectivity index (χ4n) is 1.43. The third-order valence-corrected chi connectivity index (χ3v) is 2.24. The second kappa shape index (κ2) is 4.73. The van der Waals surface area contributed by atoms with Crippen LogP contribution in [0.1, 0.15) is 5.69 Å². The molecular formula is C11H6F6N2O. The molecule has 0 saturated carbocycles. The molecule has 0 spiro atoms. The van der Waals surface area contributed by atoms with Gasteiger partial charge in [0.1, 0.15) is 17.3 Å². The quantitative estimate of drug-likeness (QED) is 0.851. The summed E-state index contributed by atoms with van der Waals surface area (Å²) < 4.78 is 76.5. The lowest BCUT2D eigenvalue weighted by Crippen LogP contribution is -2.16. The molecule has 0 atom stereocenters. The Labute approximate surface area is 108 Å². The topological polar surface area (TPSA) is 37.9 Å². The zero-order chi connectivity index (χ0) is 15.0. The van der Waals surface area contributed by atoms with E-state index in [1.54, 1.807) is 0 Å². The molecule has 108 valence electrons. The Hall–Kier alpha value is -2.19. The Morgan fingerprint density at radius 2 is 1.55 bits per heavy atom. The van der Waals surface area contributed by atoms with Gasteiger partial charge in [-0.2, -0.15) is 13.2 Å². The normalized spacial score (nSPS) is 12.5. The monoisotopic (exact) mass is 296 g/mol. The van der Waals surface area contributed by atoms with Crippen molar-refractivity contribution in [3.05, 3.63) is 36.2 Å². The maximum Gasteiger partial charge on any atom is 0.573 e. The van der Waals surface area contributed by atoms with Gasteiger partial charge in [-0.25, -0.2) is 4.98 Å². The second-order valence-corrected chi connectivity index (χ2v) is 3.72. The molecule has 0 aliphatic rings. The zero-order valence-electron chi connectivity index (χ0n) is 9.51. The first-order valence-corrected chi connectivity index (χ1v) is 5.13. The molecule has 9 heteroatoms. The van der Waals surface area contributed by atoms with Crippen LogP contribution in [0, 0.1) is 0 Å². The molecule has 1 N–H and O–H groups in total. The minimum Gasteiger partial charge on any atom is -0.406 e. The Balaban J connectivity index is 2.20. The molecule has 3 nitrogen and oxygen atoms in total. The van der Waals surface area contributed by atoms with Crippen LogP contribution in [-0.2, 0) is 6.18 Å². The van der Waals surface area contributed by atoms with Gasteiger partial charge in [0.2, 0.25) is 0 Å². The highest BCUT2D eigenvalue weighted by molar-refractivity contribution is 5.56. The van der Waals surface area contributed by atoms with Gasteiger partial charge < -0.3 is 9.72 Å². The molecule has 0 saturated heterocycles. The number of aromatic nitrogens is 2. The summed E-state index contributed by atoms with van der Waals surface area (Å²) in [7, 11) is 0. The maximum absolute atomic E-state index is 12.4. The SMILES string of the molecule is FC(F)(F)Oc1ccc(-c2ncc(C(F)(F)F)[nH]2)cc1. The van der Waals surface area contributed by atoms with Crippen molar-refractivity contribution in [1.82, 2.24) is 9.97 Å². The van der Waals surface area contributed by atoms with Crippen LogP contribution in [0.2, 0.25) is 0 Å². The summed E-state index contributed by atoms with van der Waals surface area (Å²) in [6, 6.07) is 4.30. The van der Waals surface area contributed by atoms with E-state index in [0.29, 0.717) is 6.20 Å². The minimum atomic E-state index is -4.82. The molecule has 2 rings (SSSR count). The minimum absolute atomic E-state index is 0.101. The second-order valence-electron chi connectivity index (χ2n) is 3.72. The first kappa shape index (κ1) is 14.2. The van der Waals surface area contributed by atoms with E-state index in [2.05, 4.69) is 9.72 Å². The van der Waals surface area contributed by atoms with Crippen LogP contribution in [0.4, 0.5) is 26.3 Å². The van der Waals surface area contributed by atoms with Gasteiger partial charge in [-0.15, -0.1) is 13.2 Å². The van der Waals surface area contributed by atoms with Crippen LogP contribution in [0.15, 0.2) is 30.5 Å². The number of nitrogens with one attached hydrogen (secondary N) is 1. The molecule has 0 radical (unpaired) electrons. The molecule has 1 heterocycles. The van der Waals surface area contributed by atoms with Crippen molar-refractivity contribution in [3.63, 3.8) is 0 Å². The Morgan fingerprint density at radius 1 is 0.950 bits per heavy atom. The number of hydrogen-bond donors (Lipinski definition) is 1. The largest absolute Gasteiger partial charge is 0.573 e. The van der Waals surface area contributed by atoms with Crippen molar-refractivity contribution < 1.29 is 31.1 Å². The highest BCUT2D eigenvalue weighted by atomic mass is 19.4. The number of alkyl halides is 6. The molecule has 0 aliphatic carbocycles. The molecule has 0 unspecified atom stereocenters. The Morgan fingerprint density at radius 3 is 2.00 bits per heavy atom. The van der Waals surface area contributed by atoms with E-state index in [9.17, 15) is 26.3 Å². The van der Waals surface area contributed by atoms with E-state index in [0.717, 1.165) is 12.1 Å². The van der Waals surface area contributed by atoms with Crippen LogP contribution in [0.25, 0.3) is 11.4 Å². The van der Waals surface area contributed by atoms with E-state index in [-0.39, 0.29) is 11.4 Å². The van der Waals surface area contributed by atoms with Crippen LogP contribution in [0.5, 0.6) is 5.75 Å². The van der Waals surface area contributed by atoms with Gasteiger partial charge in [-0.05, 0) is 24.3 Å². The molecule has 0 fully saturated rings. The van der Waals surface area contributed by atoms with E-state index in [1.807, 2.05) is 4.98 Å². The maximum atomic E-state index is 12.4. The first-order chi connectivity index (χ1) is 9.15. The summed E-state index contributed by atoms with van der Waals surface area (Å²) in [5.74, 6) is -0.570. The zero-order valence-corrected chi connectivity index (χ0v) is 9.51. The van der Waals surface area contributed by atoms with Crippen molar-refractivity contribution in [3.8, 4) is 17.1 Å². The van der Waals surface area contributed by atoms with Crippen molar-refractivity contribution >= 4 is 0 Å². The lowest BCUT2D eigenvalue weighted by Gasteiger charge is -2.08. The molecule has 2 aromatic rings. The van der Waals surface area contributed by atoms with E-state index in [1.165, 1.54) is 12.1 Å². The van der Waals surface area contributed by atoms with Crippen LogP contribution < -0.4 is 4.74 Å². The average molecular weight is 296 g/mol. The molecule has 1 aromatic heterocycles. The summed E-state index contributed by atoms with van der Waals surface area (Å²) in [5.41, 5.74) is -0.835. The summed E-state index contributed by atoms with van der Waals surface area (Å²) in [6.45, 7) is 0. The van der Waals surface area contributed by atoms with Crippen LogP contribution in [-0.4, -0.2) is 16.3 Å². The lowest BCUT2D eigenvalue weighted by molar-refractivity contribution is -0.274. The van der Waals surface area contributed by atoms with Crippen LogP contribution >= 0.6 is 0 Å². The van der Waals surface area contributed by atoms with Gasteiger partial charge in [0.15, 0.2) is 0 Å². The van der Waals surface area contributed by atoms with E-state index >= 15 is 0 Å². The number of benzene rings is 1. The van der Waals surface area contributed by atoms with Gasteiger partial charge in [0, 0.05) is 5.56 Å². The summed E-state index contributed by atoms with van der Waals surface area (Å²) in [4.78, 5) is 5.56. The highest BCUT2D eigenvalue weighted by Gasteiger charge is 2.33. The number of rotatable bonds is 2. The third kappa shape index (κ3) is 3.43. The molecule has 20 heavy (non-hydrogen) atoms. The summed E-state index contributed by atoms with van der Waals surface area (Å²) in [6.07, 6.45) is -8.78. The summed E-state index contributed by atoms with van der Waals surface area (Å²) >= 11 is 0. The predicted octanol–water partition coefficient (Wildman–Crippen LogP) is 3.99. The lowest BCUT2D eigenvalue weighted by atomic mass is 10.2. The average Bonchev–Trinajstić information content (AvgIpc) is 2.76. The Kier molecular flexibility index (Phi) is 3.36. The fourth-order valence-corrected chi connectivity index (χ4v) is 1.43. The van der Waals surface area contributed by atoms with Gasteiger partial charge in [-0.3, -0.25) is 0 Å². The van der Waals surface area contributed by atoms with Crippen molar-refractivity contribution in [2.24, 2.45) is 0 Å². The molecule has 0 aliphatic heterocycles. The highest BCUT2D eigenvalue weighted by Crippen LogP contribution is 2.30. The number of imidazole rings is 1. The van der Waals surface area contributed by atoms with Gasteiger partial charge >= 0.3 is 12.5 Å². The van der Waals surface area contributed by atoms with E-state index in [4.69, 9.17) is 0 Å². The van der Waals surface area contributed by atoms with Gasteiger partial charge in [0.25, 0.3) is 0 Å². The van der Waals surface area contributed by atoms with Crippen molar-refractivity contribution in [1.29, 1.82) is 0 Å². The molecule has 1 aromatic carbocycles. The third-order valence-electron chi connectivity index (χ3n) is 2.24. The fraction of sp³-hybridized carbons (Fsp3) is 0.182. The van der Waals surface area contributed by atoms with Crippen molar-refractivity contribution in [2.75, 3.05) is 0 Å². The number of nitrogens with zero attached hydrogens (tertiary/aromatic N) is 1. The summed E-state index contributed by atoms with van der Waals surface area (Å²) in [5, 5.41) is 0. The van der Waals surface area contributed by atoms with Gasteiger partial charge in [0.05, 0.1) is 6.20 Å². The standard InChI is InChI=1S/C11H6F6N2O/c12-10(13,14)8-5-18-9(19-8)6-1-3-7(4-2-6)20-11(15,16)17/h1-5H,(H,18,19). The van der Waals surface area contributed by atoms with Crippen LogP contribution in [0.3, 0.4) is 0 Å². The Bertz CT molecular complexity index is 584. The van der Waals surface area contributed by atoms with E-state index < -0.39 is 24.0 Å².